The van der Waals surface area contributed by atoms with Crippen LogP contribution < -0.4 is 5.32 Å². The van der Waals surface area contributed by atoms with Crippen LogP contribution in [0.5, 0.6) is 0 Å². The fourth-order valence-corrected chi connectivity index (χ4v) is 1.71. The summed E-state index contributed by atoms with van der Waals surface area (Å²) in [6.45, 7) is 9.75. The number of methoxy groups -OCH3 is 1. The van der Waals surface area contributed by atoms with Gasteiger partial charge in [0.15, 0.2) is 0 Å². The maximum Gasteiger partial charge on any atom is 0.0673 e. The lowest BCUT2D eigenvalue weighted by atomic mass is 10.1. The van der Waals surface area contributed by atoms with Gasteiger partial charge in [-0.05, 0) is 12.0 Å². The minimum atomic E-state index is 0.794. The summed E-state index contributed by atoms with van der Waals surface area (Å²) < 4.78 is 5.12. The van der Waals surface area contributed by atoms with E-state index < -0.39 is 0 Å². The molecule has 1 N–H and O–H groups in total. The van der Waals surface area contributed by atoms with Crippen LogP contribution in [0, 0.1) is 0 Å². The van der Waals surface area contributed by atoms with Gasteiger partial charge < -0.3 is 10.1 Å². The fourth-order valence-electron chi connectivity index (χ4n) is 1.71. The van der Waals surface area contributed by atoms with Crippen LogP contribution in [0.15, 0.2) is 24.3 Å². The van der Waals surface area contributed by atoms with Crippen LogP contribution in [0.2, 0.25) is 0 Å². The Bertz CT molecular complexity index is 214. The van der Waals surface area contributed by atoms with Crippen LogP contribution >= 0.6 is 0 Å². The van der Waals surface area contributed by atoms with E-state index in [4.69, 9.17) is 4.74 Å². The number of hydrogen-bond donors (Lipinski definition) is 1. The van der Waals surface area contributed by atoms with Crippen molar-refractivity contribution < 1.29 is 4.74 Å². The van der Waals surface area contributed by atoms with Crippen molar-refractivity contribution in [3.63, 3.8) is 0 Å². The van der Waals surface area contributed by atoms with Gasteiger partial charge in [0.2, 0.25) is 0 Å². The molecule has 0 aromatic rings. The van der Waals surface area contributed by atoms with Crippen molar-refractivity contribution >= 4 is 0 Å². The zero-order valence-corrected chi connectivity index (χ0v) is 9.67. The second kappa shape index (κ2) is 7.63. The summed E-state index contributed by atoms with van der Waals surface area (Å²) in [5.74, 6) is 0. The van der Waals surface area contributed by atoms with Gasteiger partial charge in [-0.2, -0.15) is 0 Å². The van der Waals surface area contributed by atoms with E-state index in [1.807, 2.05) is 6.08 Å². The van der Waals surface area contributed by atoms with Crippen LogP contribution in [0.4, 0.5) is 0 Å². The molecule has 0 atom stereocenters. The van der Waals surface area contributed by atoms with E-state index in [9.17, 15) is 0 Å². The molecule has 3 heteroatoms. The molecule has 0 unspecified atom stereocenters. The minimum Gasteiger partial charge on any atom is -0.380 e. The van der Waals surface area contributed by atoms with Gasteiger partial charge in [0, 0.05) is 39.8 Å². The first-order chi connectivity index (χ1) is 7.36. The SMILES string of the molecule is C=CCNCCN1CC=C(COC)CC1. The predicted octanol–water partition coefficient (Wildman–Crippen LogP) is 1.04. The highest BCUT2D eigenvalue weighted by molar-refractivity contribution is 5.07. The lowest BCUT2D eigenvalue weighted by molar-refractivity contribution is 0.211. The second-order valence-electron chi connectivity index (χ2n) is 3.84. The van der Waals surface area contributed by atoms with Gasteiger partial charge in [-0.3, -0.25) is 4.90 Å². The third-order valence-corrected chi connectivity index (χ3v) is 2.61. The van der Waals surface area contributed by atoms with Gasteiger partial charge in [0.05, 0.1) is 6.61 Å². The fraction of sp³-hybridized carbons (Fsp3) is 0.667. The van der Waals surface area contributed by atoms with E-state index >= 15 is 0 Å². The monoisotopic (exact) mass is 210 g/mol. The molecule has 0 aromatic carbocycles. The highest BCUT2D eigenvalue weighted by Crippen LogP contribution is 2.09. The maximum atomic E-state index is 5.12. The molecule has 0 radical (unpaired) electrons. The summed E-state index contributed by atoms with van der Waals surface area (Å²) in [5.41, 5.74) is 1.44. The Balaban J connectivity index is 2.11. The molecule has 1 rings (SSSR count). The molecule has 0 spiro atoms. The smallest absolute Gasteiger partial charge is 0.0673 e. The number of ether oxygens (including phenoxy) is 1. The van der Waals surface area contributed by atoms with E-state index in [0.29, 0.717) is 0 Å². The Kier molecular flexibility index (Phi) is 6.32. The van der Waals surface area contributed by atoms with Crippen molar-refractivity contribution in [2.45, 2.75) is 6.42 Å². The van der Waals surface area contributed by atoms with E-state index in [-0.39, 0.29) is 0 Å². The number of nitrogens with zero attached hydrogens (tertiary/aromatic N) is 1. The Morgan fingerprint density at radius 1 is 1.67 bits per heavy atom. The van der Waals surface area contributed by atoms with Crippen LogP contribution in [-0.4, -0.2) is 51.3 Å². The first-order valence-electron chi connectivity index (χ1n) is 5.57. The molecule has 15 heavy (non-hydrogen) atoms. The minimum absolute atomic E-state index is 0.794. The van der Waals surface area contributed by atoms with Gasteiger partial charge in [0.25, 0.3) is 0 Å². The molecule has 0 fully saturated rings. The molecule has 1 aliphatic heterocycles. The Morgan fingerprint density at radius 2 is 2.53 bits per heavy atom. The van der Waals surface area contributed by atoms with Gasteiger partial charge in [-0.1, -0.05) is 12.2 Å². The molecule has 1 heterocycles. The van der Waals surface area contributed by atoms with Crippen LogP contribution in [-0.2, 0) is 4.74 Å². The summed E-state index contributed by atoms with van der Waals surface area (Å²) in [6, 6.07) is 0. The van der Waals surface area contributed by atoms with Crippen molar-refractivity contribution in [3.05, 3.63) is 24.3 Å². The van der Waals surface area contributed by atoms with E-state index in [1.54, 1.807) is 7.11 Å². The predicted molar refractivity (Wildman–Crippen MR) is 64.1 cm³/mol. The average molecular weight is 210 g/mol. The third-order valence-electron chi connectivity index (χ3n) is 2.61. The third kappa shape index (κ3) is 5.11. The molecular weight excluding hydrogens is 188 g/mol. The number of nitrogens with one attached hydrogen (secondary N) is 1. The highest BCUT2D eigenvalue weighted by atomic mass is 16.5. The summed E-state index contributed by atoms with van der Waals surface area (Å²) in [5, 5.41) is 3.31. The van der Waals surface area contributed by atoms with Gasteiger partial charge in [0.1, 0.15) is 0 Å². The number of hydrogen-bond acceptors (Lipinski definition) is 3. The summed E-state index contributed by atoms with van der Waals surface area (Å²) in [6.07, 6.45) is 5.34. The van der Waals surface area contributed by atoms with Crippen LogP contribution in [0.1, 0.15) is 6.42 Å². The second-order valence-corrected chi connectivity index (χ2v) is 3.84. The van der Waals surface area contributed by atoms with Gasteiger partial charge >= 0.3 is 0 Å². The molecular formula is C12H22N2O. The van der Waals surface area contributed by atoms with Gasteiger partial charge in [-0.25, -0.2) is 0 Å². The van der Waals surface area contributed by atoms with Crippen molar-refractivity contribution in [1.82, 2.24) is 10.2 Å². The van der Waals surface area contributed by atoms with Crippen molar-refractivity contribution in [1.29, 1.82) is 0 Å². The molecule has 0 saturated heterocycles. The lowest BCUT2D eigenvalue weighted by Gasteiger charge is -2.26. The maximum absolute atomic E-state index is 5.12. The zero-order chi connectivity index (χ0) is 10.9. The molecule has 0 amide bonds. The average Bonchev–Trinajstić information content (AvgIpc) is 2.27. The molecule has 1 aliphatic rings. The van der Waals surface area contributed by atoms with Crippen molar-refractivity contribution in [2.75, 3.05) is 46.4 Å². The Morgan fingerprint density at radius 3 is 3.13 bits per heavy atom. The number of rotatable bonds is 7. The summed E-state index contributed by atoms with van der Waals surface area (Å²) in [7, 11) is 1.76. The Hall–Kier alpha value is -0.640. The van der Waals surface area contributed by atoms with E-state index in [1.165, 1.54) is 5.57 Å². The standard InChI is InChI=1S/C12H22N2O/c1-3-6-13-7-10-14-8-4-12(5-9-14)11-15-2/h3-4,13H,1,5-11H2,2H3. The molecule has 0 saturated carbocycles. The van der Waals surface area contributed by atoms with Crippen LogP contribution in [0.3, 0.4) is 0 Å². The molecule has 0 bridgehead atoms. The molecule has 0 aliphatic carbocycles. The van der Waals surface area contributed by atoms with E-state index in [2.05, 4.69) is 22.9 Å². The summed E-state index contributed by atoms with van der Waals surface area (Å²) >= 11 is 0. The normalized spacial score (nSPS) is 17.5. The zero-order valence-electron chi connectivity index (χ0n) is 9.67. The quantitative estimate of drug-likeness (QED) is 0.502. The first kappa shape index (κ1) is 12.4. The molecule has 3 nitrogen and oxygen atoms in total. The topological polar surface area (TPSA) is 24.5 Å². The first-order valence-corrected chi connectivity index (χ1v) is 5.57. The summed E-state index contributed by atoms with van der Waals surface area (Å²) in [4.78, 5) is 2.45. The van der Waals surface area contributed by atoms with Crippen molar-refractivity contribution in [2.24, 2.45) is 0 Å². The van der Waals surface area contributed by atoms with Crippen LogP contribution in [0.25, 0.3) is 0 Å². The lowest BCUT2D eigenvalue weighted by Crippen LogP contribution is -2.35. The molecule has 86 valence electrons. The molecule has 0 aromatic heterocycles. The van der Waals surface area contributed by atoms with E-state index in [0.717, 1.165) is 45.8 Å². The van der Waals surface area contributed by atoms with Crippen molar-refractivity contribution in [3.8, 4) is 0 Å². The Labute approximate surface area is 92.8 Å². The highest BCUT2D eigenvalue weighted by Gasteiger charge is 2.10. The largest absolute Gasteiger partial charge is 0.380 e. The van der Waals surface area contributed by atoms with Gasteiger partial charge in [-0.15, -0.1) is 6.58 Å².